The predicted octanol–water partition coefficient (Wildman–Crippen LogP) is 2.64. The molecule has 0 spiro atoms. The van der Waals surface area contributed by atoms with E-state index in [1.54, 1.807) is 24.3 Å². The van der Waals surface area contributed by atoms with Crippen molar-refractivity contribution in [1.82, 2.24) is 5.32 Å². The minimum Gasteiger partial charge on any atom is -0.486 e. The molecule has 20 heavy (non-hydrogen) atoms. The van der Waals surface area contributed by atoms with E-state index >= 15 is 0 Å². The Kier molecular flexibility index (Phi) is 6.02. The van der Waals surface area contributed by atoms with Crippen molar-refractivity contribution in [2.75, 3.05) is 19.3 Å². The van der Waals surface area contributed by atoms with Crippen molar-refractivity contribution in [2.45, 2.75) is 44.1 Å². The number of ether oxygens (including phenoxy) is 1. The standard InChI is InChI=1S/C15H25NO3S/c1-5-10-16-12-15(3,6-2)19-13-8-7-9-14(11-13)20(4,17)18/h7-9,11,16H,5-6,10,12H2,1-4H3. The van der Waals surface area contributed by atoms with Gasteiger partial charge in [0.25, 0.3) is 0 Å². The van der Waals surface area contributed by atoms with Crippen molar-refractivity contribution in [1.29, 1.82) is 0 Å². The lowest BCUT2D eigenvalue weighted by Gasteiger charge is -2.30. The zero-order valence-electron chi connectivity index (χ0n) is 12.8. The van der Waals surface area contributed by atoms with Crippen molar-refractivity contribution in [2.24, 2.45) is 0 Å². The Bertz CT molecular complexity index is 528. The summed E-state index contributed by atoms with van der Waals surface area (Å²) in [6, 6.07) is 6.67. The first-order chi connectivity index (χ1) is 9.30. The monoisotopic (exact) mass is 299 g/mol. The van der Waals surface area contributed by atoms with E-state index in [0.29, 0.717) is 5.75 Å². The van der Waals surface area contributed by atoms with Crippen molar-refractivity contribution in [3.63, 3.8) is 0 Å². The summed E-state index contributed by atoms with van der Waals surface area (Å²) >= 11 is 0. The molecule has 0 heterocycles. The molecule has 1 rings (SSSR count). The van der Waals surface area contributed by atoms with Crippen LogP contribution in [0.3, 0.4) is 0 Å². The molecule has 0 aliphatic carbocycles. The Hall–Kier alpha value is -1.07. The highest BCUT2D eigenvalue weighted by molar-refractivity contribution is 7.90. The first kappa shape index (κ1) is 17.0. The van der Waals surface area contributed by atoms with E-state index < -0.39 is 9.84 Å². The maximum atomic E-state index is 11.6. The molecule has 5 heteroatoms. The lowest BCUT2D eigenvalue weighted by molar-refractivity contribution is 0.0835. The number of rotatable bonds is 8. The number of sulfone groups is 1. The summed E-state index contributed by atoms with van der Waals surface area (Å²) in [6.07, 6.45) is 3.12. The molecule has 1 unspecified atom stereocenters. The van der Waals surface area contributed by atoms with Gasteiger partial charge in [-0.25, -0.2) is 8.42 Å². The minimum absolute atomic E-state index is 0.287. The maximum absolute atomic E-state index is 11.6. The highest BCUT2D eigenvalue weighted by atomic mass is 32.2. The van der Waals surface area contributed by atoms with E-state index in [2.05, 4.69) is 19.2 Å². The van der Waals surface area contributed by atoms with Crippen LogP contribution in [0, 0.1) is 0 Å². The van der Waals surface area contributed by atoms with Crippen LogP contribution in [0.1, 0.15) is 33.6 Å². The highest BCUT2D eigenvalue weighted by Crippen LogP contribution is 2.23. The molecular weight excluding hydrogens is 274 g/mol. The molecule has 1 aromatic rings. The molecule has 0 amide bonds. The predicted molar refractivity (Wildman–Crippen MR) is 82.0 cm³/mol. The molecule has 0 aliphatic rings. The second-order valence-corrected chi connectivity index (χ2v) is 7.35. The fourth-order valence-corrected chi connectivity index (χ4v) is 2.47. The summed E-state index contributed by atoms with van der Waals surface area (Å²) in [6.45, 7) is 7.90. The highest BCUT2D eigenvalue weighted by Gasteiger charge is 2.24. The van der Waals surface area contributed by atoms with Crippen LogP contribution in [0.5, 0.6) is 5.75 Å². The fourth-order valence-electron chi connectivity index (χ4n) is 1.82. The summed E-state index contributed by atoms with van der Waals surface area (Å²) in [4.78, 5) is 0.287. The fraction of sp³-hybridized carbons (Fsp3) is 0.600. The second-order valence-electron chi connectivity index (χ2n) is 5.33. The smallest absolute Gasteiger partial charge is 0.175 e. The van der Waals surface area contributed by atoms with Gasteiger partial charge in [-0.05, 0) is 44.5 Å². The Morgan fingerprint density at radius 2 is 2.00 bits per heavy atom. The lowest BCUT2D eigenvalue weighted by atomic mass is 10.0. The second kappa shape index (κ2) is 7.09. The number of hydrogen-bond acceptors (Lipinski definition) is 4. The van der Waals surface area contributed by atoms with Gasteiger partial charge in [-0.1, -0.05) is 19.9 Å². The van der Waals surface area contributed by atoms with Crippen molar-refractivity contribution >= 4 is 9.84 Å². The van der Waals surface area contributed by atoms with Crippen LogP contribution >= 0.6 is 0 Å². The third kappa shape index (κ3) is 5.13. The van der Waals surface area contributed by atoms with Gasteiger partial charge >= 0.3 is 0 Å². The Labute approximate surface area is 122 Å². The van der Waals surface area contributed by atoms with Gasteiger partial charge in [0, 0.05) is 12.8 Å². The number of benzene rings is 1. The topological polar surface area (TPSA) is 55.4 Å². The van der Waals surface area contributed by atoms with Crippen molar-refractivity contribution in [3.8, 4) is 5.75 Å². The molecule has 1 atom stereocenters. The number of nitrogens with one attached hydrogen (secondary N) is 1. The zero-order valence-corrected chi connectivity index (χ0v) is 13.6. The van der Waals surface area contributed by atoms with Gasteiger partial charge in [0.05, 0.1) is 4.90 Å². The molecule has 0 bridgehead atoms. The summed E-state index contributed by atoms with van der Waals surface area (Å²) in [7, 11) is -3.20. The summed E-state index contributed by atoms with van der Waals surface area (Å²) in [5.74, 6) is 0.593. The van der Waals surface area contributed by atoms with Crippen LogP contribution in [-0.4, -0.2) is 33.4 Å². The molecule has 0 radical (unpaired) electrons. The van der Waals surface area contributed by atoms with Gasteiger partial charge in [-0.15, -0.1) is 0 Å². The zero-order chi connectivity index (χ0) is 15.2. The largest absolute Gasteiger partial charge is 0.486 e. The third-order valence-corrected chi connectivity index (χ3v) is 4.38. The van der Waals surface area contributed by atoms with Crippen molar-refractivity contribution < 1.29 is 13.2 Å². The van der Waals surface area contributed by atoms with Crippen LogP contribution < -0.4 is 10.1 Å². The van der Waals surface area contributed by atoms with Crippen LogP contribution in [0.2, 0.25) is 0 Å². The first-order valence-electron chi connectivity index (χ1n) is 7.00. The Morgan fingerprint density at radius 1 is 1.30 bits per heavy atom. The van der Waals surface area contributed by atoms with Gasteiger partial charge < -0.3 is 10.1 Å². The molecule has 114 valence electrons. The molecule has 1 N–H and O–H groups in total. The van der Waals surface area contributed by atoms with Gasteiger partial charge in [-0.2, -0.15) is 0 Å². The normalized spacial score (nSPS) is 14.8. The Balaban J connectivity index is 2.84. The molecule has 1 aromatic carbocycles. The quantitative estimate of drug-likeness (QED) is 0.750. The average Bonchev–Trinajstić information content (AvgIpc) is 2.38. The van der Waals surface area contributed by atoms with Gasteiger partial charge in [0.1, 0.15) is 11.4 Å². The first-order valence-corrected chi connectivity index (χ1v) is 8.90. The average molecular weight is 299 g/mol. The molecule has 0 fully saturated rings. The summed E-state index contributed by atoms with van der Waals surface area (Å²) < 4.78 is 29.1. The third-order valence-electron chi connectivity index (χ3n) is 3.27. The SMILES string of the molecule is CCCNCC(C)(CC)Oc1cccc(S(C)(=O)=O)c1. The lowest BCUT2D eigenvalue weighted by Crippen LogP contribution is -2.42. The van der Waals surface area contributed by atoms with E-state index in [4.69, 9.17) is 4.74 Å². The van der Waals surface area contributed by atoms with Crippen molar-refractivity contribution in [3.05, 3.63) is 24.3 Å². The molecule has 0 saturated heterocycles. The number of hydrogen-bond donors (Lipinski definition) is 1. The minimum atomic E-state index is -3.20. The summed E-state index contributed by atoms with van der Waals surface area (Å²) in [5.41, 5.74) is -0.342. The molecule has 0 aromatic heterocycles. The van der Waals surface area contributed by atoms with Crippen LogP contribution in [0.25, 0.3) is 0 Å². The van der Waals surface area contributed by atoms with Gasteiger partial charge in [0.15, 0.2) is 9.84 Å². The van der Waals surface area contributed by atoms with Gasteiger partial charge in [0.2, 0.25) is 0 Å². The van der Waals surface area contributed by atoms with E-state index in [1.165, 1.54) is 6.26 Å². The van der Waals surface area contributed by atoms with Crippen LogP contribution in [0.4, 0.5) is 0 Å². The Morgan fingerprint density at radius 3 is 2.55 bits per heavy atom. The van der Waals surface area contributed by atoms with Crippen LogP contribution in [0.15, 0.2) is 29.2 Å². The molecule has 0 saturated carbocycles. The molecule has 4 nitrogen and oxygen atoms in total. The van der Waals surface area contributed by atoms with Gasteiger partial charge in [-0.3, -0.25) is 0 Å². The van der Waals surface area contributed by atoms with E-state index in [-0.39, 0.29) is 10.5 Å². The van der Waals surface area contributed by atoms with E-state index in [0.717, 1.165) is 25.9 Å². The molecule has 0 aliphatic heterocycles. The molecular formula is C15H25NO3S. The van der Waals surface area contributed by atoms with Crippen LogP contribution in [-0.2, 0) is 9.84 Å². The summed E-state index contributed by atoms with van der Waals surface area (Å²) in [5, 5.41) is 3.35. The van der Waals surface area contributed by atoms with E-state index in [9.17, 15) is 8.42 Å². The maximum Gasteiger partial charge on any atom is 0.175 e. The van der Waals surface area contributed by atoms with E-state index in [1.807, 2.05) is 6.92 Å².